The summed E-state index contributed by atoms with van der Waals surface area (Å²) >= 11 is 6.13. The molecule has 1 aliphatic rings. The van der Waals surface area contributed by atoms with Crippen LogP contribution in [0.5, 0.6) is 5.75 Å². The molecule has 0 saturated carbocycles. The van der Waals surface area contributed by atoms with Crippen LogP contribution in [0.3, 0.4) is 0 Å². The van der Waals surface area contributed by atoms with Gasteiger partial charge in [0.2, 0.25) is 5.91 Å². The highest BCUT2D eigenvalue weighted by molar-refractivity contribution is 6.30. The lowest BCUT2D eigenvalue weighted by atomic mass is 10.0. The number of halogens is 1. The van der Waals surface area contributed by atoms with Gasteiger partial charge in [-0.25, -0.2) is 4.79 Å². The van der Waals surface area contributed by atoms with Crippen LogP contribution in [0.25, 0.3) is 0 Å². The van der Waals surface area contributed by atoms with Crippen LogP contribution in [0.15, 0.2) is 48.5 Å². The molecule has 0 radical (unpaired) electrons. The lowest BCUT2D eigenvalue weighted by Gasteiger charge is -2.39. The minimum absolute atomic E-state index is 0.123. The number of benzene rings is 2. The van der Waals surface area contributed by atoms with E-state index in [2.05, 4.69) is 4.90 Å². The second-order valence-electron chi connectivity index (χ2n) is 9.27. The highest BCUT2D eigenvalue weighted by Gasteiger charge is 2.34. The first kappa shape index (κ1) is 24.7. The van der Waals surface area contributed by atoms with Crippen molar-refractivity contribution in [3.05, 3.63) is 59.1 Å². The predicted octanol–water partition coefficient (Wildman–Crippen LogP) is 4.17. The minimum Gasteiger partial charge on any atom is -0.508 e. The maximum atomic E-state index is 13.6. The smallest absolute Gasteiger partial charge is 0.410 e. The Bertz CT molecular complexity index is 966. The molecule has 8 heteroatoms. The molecule has 2 aromatic rings. The first-order valence-corrected chi connectivity index (χ1v) is 11.4. The Labute approximate surface area is 200 Å². The van der Waals surface area contributed by atoms with Gasteiger partial charge in [0.05, 0.1) is 0 Å². The van der Waals surface area contributed by atoms with Crippen molar-refractivity contribution >= 4 is 29.3 Å². The fourth-order valence-corrected chi connectivity index (χ4v) is 3.96. The Hall–Kier alpha value is -2.93. The normalized spacial score (nSPS) is 15.2. The van der Waals surface area contributed by atoms with Gasteiger partial charge in [0.15, 0.2) is 0 Å². The molecule has 0 aliphatic carbocycles. The van der Waals surface area contributed by atoms with Gasteiger partial charge in [-0.3, -0.25) is 9.69 Å². The number of ether oxygens (including phenoxy) is 1. The summed E-state index contributed by atoms with van der Waals surface area (Å²) in [6, 6.07) is 13.6. The fourth-order valence-electron chi connectivity index (χ4n) is 3.77. The second-order valence-corrected chi connectivity index (χ2v) is 9.71. The van der Waals surface area contributed by atoms with E-state index < -0.39 is 17.7 Å². The summed E-state index contributed by atoms with van der Waals surface area (Å²) in [5.41, 5.74) is 1.21. The third-order valence-electron chi connectivity index (χ3n) is 5.56. The number of nitrogens with zero attached hydrogens (tertiary/aromatic N) is 3. The van der Waals surface area contributed by atoms with Crippen LogP contribution in [-0.4, -0.2) is 71.8 Å². The Kier molecular flexibility index (Phi) is 7.74. The lowest BCUT2D eigenvalue weighted by molar-refractivity contribution is -0.136. The van der Waals surface area contributed by atoms with E-state index in [0.29, 0.717) is 37.6 Å². The number of hydrogen-bond acceptors (Lipinski definition) is 5. The zero-order valence-corrected chi connectivity index (χ0v) is 20.4. The maximum absolute atomic E-state index is 13.6. The number of carbonyl (C=O) groups is 2. The third kappa shape index (κ3) is 6.78. The molecule has 2 aromatic carbocycles. The Morgan fingerprint density at radius 1 is 1.09 bits per heavy atom. The second kappa shape index (κ2) is 10.3. The molecule has 2 amide bonds. The SMILES string of the molecule is CN(C(=O)OC(C)(C)C)C(Cc1ccc(O)cc1)C(=O)N1CCN(c2cccc(Cl)c2)CC1. The van der Waals surface area contributed by atoms with Gasteiger partial charge in [-0.2, -0.15) is 0 Å². The monoisotopic (exact) mass is 473 g/mol. The summed E-state index contributed by atoms with van der Waals surface area (Å²) in [5, 5.41) is 10.3. The quantitative estimate of drug-likeness (QED) is 0.705. The first-order chi connectivity index (χ1) is 15.5. The topological polar surface area (TPSA) is 73.3 Å². The number of rotatable bonds is 5. The molecule has 1 heterocycles. The van der Waals surface area contributed by atoms with E-state index in [4.69, 9.17) is 16.3 Å². The van der Waals surface area contributed by atoms with Crippen LogP contribution >= 0.6 is 11.6 Å². The van der Waals surface area contributed by atoms with Crippen LogP contribution < -0.4 is 4.90 Å². The molecule has 3 rings (SSSR count). The van der Waals surface area contributed by atoms with Gasteiger partial charge in [-0.05, 0) is 56.7 Å². The highest BCUT2D eigenvalue weighted by atomic mass is 35.5. The lowest BCUT2D eigenvalue weighted by Crippen LogP contribution is -2.56. The van der Waals surface area contributed by atoms with E-state index >= 15 is 0 Å². The zero-order valence-electron chi connectivity index (χ0n) is 19.6. The Morgan fingerprint density at radius 3 is 2.30 bits per heavy atom. The molecule has 7 nitrogen and oxygen atoms in total. The van der Waals surface area contributed by atoms with Crippen molar-refractivity contribution in [2.45, 2.75) is 38.8 Å². The Morgan fingerprint density at radius 2 is 1.73 bits per heavy atom. The maximum Gasteiger partial charge on any atom is 0.410 e. The third-order valence-corrected chi connectivity index (χ3v) is 5.80. The van der Waals surface area contributed by atoms with Gasteiger partial charge in [0, 0.05) is 50.4 Å². The summed E-state index contributed by atoms with van der Waals surface area (Å²) in [6.07, 6.45) is -0.221. The van der Waals surface area contributed by atoms with Crippen molar-refractivity contribution < 1.29 is 19.4 Å². The van der Waals surface area contributed by atoms with Gasteiger partial charge in [0.1, 0.15) is 17.4 Å². The molecule has 178 valence electrons. The average molecular weight is 474 g/mol. The van der Waals surface area contributed by atoms with Gasteiger partial charge < -0.3 is 19.6 Å². The van der Waals surface area contributed by atoms with Gasteiger partial charge in [-0.15, -0.1) is 0 Å². The van der Waals surface area contributed by atoms with E-state index in [1.165, 1.54) is 4.90 Å². The fraction of sp³-hybridized carbons (Fsp3) is 0.440. The molecule has 0 aromatic heterocycles. The van der Waals surface area contributed by atoms with Gasteiger partial charge >= 0.3 is 6.09 Å². The van der Waals surface area contributed by atoms with Crippen molar-refractivity contribution in [3.63, 3.8) is 0 Å². The number of aromatic hydroxyl groups is 1. The van der Waals surface area contributed by atoms with E-state index in [9.17, 15) is 14.7 Å². The number of hydrogen-bond donors (Lipinski definition) is 1. The predicted molar refractivity (Wildman–Crippen MR) is 130 cm³/mol. The largest absolute Gasteiger partial charge is 0.508 e. The summed E-state index contributed by atoms with van der Waals surface area (Å²) < 4.78 is 5.52. The number of phenols is 1. The van der Waals surface area contributed by atoms with Crippen molar-refractivity contribution in [1.82, 2.24) is 9.80 Å². The van der Waals surface area contributed by atoms with Crippen LogP contribution in [0.4, 0.5) is 10.5 Å². The number of carbonyl (C=O) groups excluding carboxylic acids is 2. The van der Waals surface area contributed by atoms with Crippen molar-refractivity contribution in [2.24, 2.45) is 0 Å². The molecular formula is C25H32ClN3O4. The van der Waals surface area contributed by atoms with E-state index in [1.54, 1.807) is 57.0 Å². The standard InChI is InChI=1S/C25H32ClN3O4/c1-25(2,3)33-24(32)27(4)22(16-18-8-10-21(30)11-9-18)23(31)29-14-12-28(13-15-29)20-7-5-6-19(26)17-20/h5-11,17,22,30H,12-16H2,1-4H3. The van der Waals surface area contributed by atoms with Crippen LogP contribution in [0.1, 0.15) is 26.3 Å². The first-order valence-electron chi connectivity index (χ1n) is 11.1. The van der Waals surface area contributed by atoms with Crippen molar-refractivity contribution in [3.8, 4) is 5.75 Å². The summed E-state index contributed by atoms with van der Waals surface area (Å²) in [4.78, 5) is 31.7. The highest BCUT2D eigenvalue weighted by Crippen LogP contribution is 2.22. The minimum atomic E-state index is -0.720. The molecule has 0 bridgehead atoms. The number of likely N-dealkylation sites (N-methyl/N-ethyl adjacent to an activating group) is 1. The van der Waals surface area contributed by atoms with Crippen LogP contribution in [-0.2, 0) is 16.0 Å². The summed E-state index contributed by atoms with van der Waals surface area (Å²) in [5.74, 6) is 0.0291. The van der Waals surface area contributed by atoms with Gasteiger partial charge in [0.25, 0.3) is 0 Å². The molecule has 1 fully saturated rings. The number of phenolic OH excluding ortho intramolecular Hbond substituents is 1. The molecule has 1 N–H and O–H groups in total. The summed E-state index contributed by atoms with van der Waals surface area (Å²) in [6.45, 7) is 7.82. The average Bonchev–Trinajstić information content (AvgIpc) is 2.77. The molecule has 33 heavy (non-hydrogen) atoms. The molecule has 0 spiro atoms. The molecule has 1 aliphatic heterocycles. The van der Waals surface area contributed by atoms with Crippen LogP contribution in [0.2, 0.25) is 5.02 Å². The molecule has 1 atom stereocenters. The summed E-state index contributed by atoms with van der Waals surface area (Å²) in [7, 11) is 1.60. The van der Waals surface area contributed by atoms with E-state index in [0.717, 1.165) is 11.3 Å². The van der Waals surface area contributed by atoms with Gasteiger partial charge in [-0.1, -0.05) is 29.8 Å². The van der Waals surface area contributed by atoms with E-state index in [-0.39, 0.29) is 11.7 Å². The van der Waals surface area contributed by atoms with E-state index in [1.807, 2.05) is 24.3 Å². The molecular weight excluding hydrogens is 442 g/mol. The number of amides is 2. The van der Waals surface area contributed by atoms with Crippen molar-refractivity contribution in [2.75, 3.05) is 38.1 Å². The van der Waals surface area contributed by atoms with Crippen LogP contribution in [0, 0.1) is 0 Å². The number of anilines is 1. The molecule has 1 unspecified atom stereocenters. The number of piperazine rings is 1. The Balaban J connectivity index is 1.74. The van der Waals surface area contributed by atoms with Crippen molar-refractivity contribution in [1.29, 1.82) is 0 Å². The zero-order chi connectivity index (χ0) is 24.2. The molecule has 1 saturated heterocycles.